The number of thiazole rings is 1. The lowest BCUT2D eigenvalue weighted by Gasteiger charge is -2.40. The second-order valence-electron chi connectivity index (χ2n) is 7.03. The molecule has 1 N–H and O–H groups in total. The number of hydrogen-bond donors (Lipinski definition) is 1. The number of nitrogens with zero attached hydrogens (tertiary/aromatic N) is 1. The Morgan fingerprint density at radius 1 is 1.25 bits per heavy atom. The van der Waals surface area contributed by atoms with E-state index in [0.29, 0.717) is 17.1 Å². The van der Waals surface area contributed by atoms with Crippen LogP contribution < -0.4 is 4.87 Å². The minimum absolute atomic E-state index is 0.0183. The Balaban J connectivity index is 1.68. The number of H-pyrrole nitrogens is 1. The van der Waals surface area contributed by atoms with Crippen molar-refractivity contribution in [2.45, 2.75) is 35.5 Å². The van der Waals surface area contributed by atoms with Crippen molar-refractivity contribution < 1.29 is 4.92 Å². The Hall–Kier alpha value is -1.60. The maximum atomic E-state index is 11.9. The van der Waals surface area contributed by atoms with Crippen LogP contribution >= 0.6 is 23.1 Å². The van der Waals surface area contributed by atoms with E-state index in [9.17, 15) is 14.9 Å². The van der Waals surface area contributed by atoms with Crippen LogP contribution in [0.4, 0.5) is 5.69 Å². The first-order valence-electron chi connectivity index (χ1n) is 8.26. The molecule has 2 aliphatic carbocycles. The number of fused-ring (bicyclic) bond motifs is 6. The van der Waals surface area contributed by atoms with Gasteiger partial charge >= 0.3 is 4.87 Å². The Morgan fingerprint density at radius 3 is 2.92 bits per heavy atom. The predicted octanol–water partition coefficient (Wildman–Crippen LogP) is 4.00. The summed E-state index contributed by atoms with van der Waals surface area (Å²) >= 11 is 3.12. The summed E-state index contributed by atoms with van der Waals surface area (Å²) in [5.41, 5.74) is 1.12. The van der Waals surface area contributed by atoms with Crippen molar-refractivity contribution in [2.24, 2.45) is 17.8 Å². The van der Waals surface area contributed by atoms with Crippen LogP contribution in [0.5, 0.6) is 0 Å². The summed E-state index contributed by atoms with van der Waals surface area (Å²) in [5, 5.41) is 12.7. The van der Waals surface area contributed by atoms with Gasteiger partial charge in [-0.05, 0) is 42.6 Å². The molecule has 2 bridgehead atoms. The molecule has 124 valence electrons. The monoisotopic (exact) mass is 360 g/mol. The summed E-state index contributed by atoms with van der Waals surface area (Å²) in [5.74, 6) is 2.02. The molecule has 5 rings (SSSR count). The highest BCUT2D eigenvalue weighted by Crippen LogP contribution is 2.63. The second-order valence-corrected chi connectivity index (χ2v) is 9.23. The first kappa shape index (κ1) is 14.7. The molecule has 3 aliphatic rings. The van der Waals surface area contributed by atoms with Crippen LogP contribution in [0.25, 0.3) is 0 Å². The molecular formula is C17H16N2O3S2. The van der Waals surface area contributed by atoms with E-state index in [2.05, 4.69) is 4.98 Å². The zero-order valence-corrected chi connectivity index (χ0v) is 14.4. The molecule has 0 amide bonds. The third-order valence-electron chi connectivity index (χ3n) is 5.91. The molecule has 2 aromatic rings. The van der Waals surface area contributed by atoms with Gasteiger partial charge in [0.15, 0.2) is 0 Å². The van der Waals surface area contributed by atoms with Gasteiger partial charge in [-0.15, -0.1) is 11.8 Å². The van der Waals surface area contributed by atoms with Gasteiger partial charge in [0.1, 0.15) is 0 Å². The number of aromatic nitrogens is 1. The van der Waals surface area contributed by atoms with Crippen molar-refractivity contribution in [3.05, 3.63) is 54.5 Å². The third kappa shape index (κ3) is 2.04. The highest BCUT2D eigenvalue weighted by Gasteiger charge is 2.54. The zero-order valence-electron chi connectivity index (χ0n) is 12.8. The molecule has 5 atom stereocenters. The molecule has 24 heavy (non-hydrogen) atoms. The Bertz CT molecular complexity index is 890. The molecule has 1 aromatic heterocycles. The van der Waals surface area contributed by atoms with Crippen molar-refractivity contribution in [1.82, 2.24) is 4.98 Å². The van der Waals surface area contributed by atoms with E-state index in [-0.39, 0.29) is 21.4 Å². The number of hydrogen-bond acceptors (Lipinski definition) is 5. The number of benzene rings is 1. The molecular weight excluding hydrogens is 344 g/mol. The van der Waals surface area contributed by atoms with Crippen LogP contribution in [-0.2, 0) is 0 Å². The molecule has 0 unspecified atom stereocenters. The molecule has 1 aliphatic heterocycles. The van der Waals surface area contributed by atoms with Gasteiger partial charge in [-0.2, -0.15) is 0 Å². The van der Waals surface area contributed by atoms with E-state index in [4.69, 9.17) is 0 Å². The van der Waals surface area contributed by atoms with Gasteiger partial charge in [-0.25, -0.2) is 0 Å². The van der Waals surface area contributed by atoms with Crippen LogP contribution in [0.1, 0.15) is 35.6 Å². The molecule has 2 heterocycles. The fourth-order valence-corrected chi connectivity index (χ4v) is 7.95. The van der Waals surface area contributed by atoms with Gasteiger partial charge in [-0.3, -0.25) is 14.9 Å². The number of rotatable bonds is 2. The van der Waals surface area contributed by atoms with Gasteiger partial charge in [0.2, 0.25) is 0 Å². The molecule has 2 fully saturated rings. The van der Waals surface area contributed by atoms with Crippen molar-refractivity contribution >= 4 is 28.8 Å². The summed E-state index contributed by atoms with van der Waals surface area (Å²) in [7, 11) is 0. The zero-order chi connectivity index (χ0) is 16.4. The maximum absolute atomic E-state index is 11.9. The quantitative estimate of drug-likeness (QED) is 0.649. The van der Waals surface area contributed by atoms with E-state index < -0.39 is 0 Å². The summed E-state index contributed by atoms with van der Waals surface area (Å²) < 4.78 is 0. The van der Waals surface area contributed by atoms with Gasteiger partial charge in [0, 0.05) is 28.2 Å². The number of aromatic amines is 1. The van der Waals surface area contributed by atoms with Gasteiger partial charge < -0.3 is 4.98 Å². The van der Waals surface area contributed by atoms with Crippen LogP contribution in [0.2, 0.25) is 0 Å². The predicted molar refractivity (Wildman–Crippen MR) is 93.8 cm³/mol. The Morgan fingerprint density at radius 2 is 2.08 bits per heavy atom. The van der Waals surface area contributed by atoms with Crippen molar-refractivity contribution in [3.8, 4) is 0 Å². The number of nitro benzene ring substituents is 1. The van der Waals surface area contributed by atoms with E-state index in [0.717, 1.165) is 21.4 Å². The highest BCUT2D eigenvalue weighted by atomic mass is 32.2. The maximum Gasteiger partial charge on any atom is 0.305 e. The van der Waals surface area contributed by atoms with E-state index >= 15 is 0 Å². The summed E-state index contributed by atoms with van der Waals surface area (Å²) in [4.78, 5) is 26.9. The number of nitrogens with one attached hydrogen (secondary N) is 1. The topological polar surface area (TPSA) is 76.0 Å². The van der Waals surface area contributed by atoms with E-state index in [1.165, 1.54) is 30.6 Å². The smallest absolute Gasteiger partial charge is 0.305 e. The fourth-order valence-electron chi connectivity index (χ4n) is 5.05. The Labute approximate surface area is 146 Å². The molecule has 0 radical (unpaired) electrons. The standard InChI is InChI=1S/C17H16N2O3S2/c20-17-18-16-15(24-17)13(8-2-1-3-11(7-8)19(21)22)12-9-4-5-10(6-9)14(12)23-16/h1-3,7,9-10,12-14H,4-6H2,(H,18,20)/t9-,10-,12-,13+,14-/m1/s1. The number of nitro groups is 1. The van der Waals surface area contributed by atoms with Crippen molar-refractivity contribution in [1.29, 1.82) is 0 Å². The highest BCUT2D eigenvalue weighted by molar-refractivity contribution is 8.00. The molecule has 1 aromatic carbocycles. The van der Waals surface area contributed by atoms with Gasteiger partial charge in [-0.1, -0.05) is 23.5 Å². The summed E-state index contributed by atoms with van der Waals surface area (Å²) in [6.07, 6.45) is 3.81. The largest absolute Gasteiger partial charge is 0.307 e. The van der Waals surface area contributed by atoms with E-state index in [1.807, 2.05) is 17.8 Å². The molecule has 2 saturated carbocycles. The first-order valence-corrected chi connectivity index (χ1v) is 9.95. The molecule has 0 saturated heterocycles. The summed E-state index contributed by atoms with van der Waals surface area (Å²) in [6, 6.07) is 7.01. The number of non-ortho nitro benzene ring substituents is 1. The van der Waals surface area contributed by atoms with Gasteiger partial charge in [0.25, 0.3) is 5.69 Å². The van der Waals surface area contributed by atoms with Crippen LogP contribution in [0.15, 0.2) is 34.1 Å². The molecule has 5 nitrogen and oxygen atoms in total. The molecule has 0 spiro atoms. The minimum Gasteiger partial charge on any atom is -0.307 e. The van der Waals surface area contributed by atoms with E-state index in [1.54, 1.807) is 18.2 Å². The lowest BCUT2D eigenvalue weighted by Crippen LogP contribution is -2.33. The fraction of sp³-hybridized carbons (Fsp3) is 0.471. The van der Waals surface area contributed by atoms with Crippen molar-refractivity contribution in [2.75, 3.05) is 0 Å². The lowest BCUT2D eigenvalue weighted by molar-refractivity contribution is -0.384. The summed E-state index contributed by atoms with van der Waals surface area (Å²) in [6.45, 7) is 0. The average Bonchev–Trinajstić information content (AvgIpc) is 3.26. The number of thioether (sulfide) groups is 1. The van der Waals surface area contributed by atoms with Gasteiger partial charge in [0.05, 0.1) is 9.95 Å². The Kier molecular flexibility index (Phi) is 3.19. The normalized spacial score (nSPS) is 33.2. The lowest BCUT2D eigenvalue weighted by atomic mass is 9.75. The first-order chi connectivity index (χ1) is 11.6. The van der Waals surface area contributed by atoms with Crippen LogP contribution in [0.3, 0.4) is 0 Å². The SMILES string of the molecule is O=c1[nH]c2c(s1)[C@@H](c1cccc([N+](=O)[O-])c1)[C@H]1[C@@H]3CC[C@H](C3)[C@H]1S2. The average molecular weight is 360 g/mol. The van der Waals surface area contributed by atoms with Crippen LogP contribution in [0, 0.1) is 27.9 Å². The third-order valence-corrected chi connectivity index (χ3v) is 8.53. The minimum atomic E-state index is -0.333. The second kappa shape index (κ2) is 5.20. The van der Waals surface area contributed by atoms with Crippen molar-refractivity contribution in [3.63, 3.8) is 0 Å². The molecule has 7 heteroatoms. The van der Waals surface area contributed by atoms with Crippen LogP contribution in [-0.4, -0.2) is 15.2 Å².